The van der Waals surface area contributed by atoms with Crippen LogP contribution >= 0.6 is 0 Å². The minimum Gasteiger partial charge on any atom is -0.330 e. The first kappa shape index (κ1) is 15.5. The van der Waals surface area contributed by atoms with E-state index in [0.29, 0.717) is 6.54 Å². The van der Waals surface area contributed by atoms with Gasteiger partial charge in [-0.3, -0.25) is 0 Å². The maximum absolute atomic E-state index is 10.7. The Hall–Kier alpha value is -0.840. The van der Waals surface area contributed by atoms with E-state index >= 15 is 0 Å². The SMILES string of the molecule is CC(O[N+](=O)[O-])C12CCCC(C)(CC(C)(CCN)C1)C2. The van der Waals surface area contributed by atoms with E-state index in [9.17, 15) is 10.1 Å². The van der Waals surface area contributed by atoms with Gasteiger partial charge in [-0.25, -0.2) is 0 Å². The molecule has 0 heterocycles. The highest BCUT2D eigenvalue weighted by atomic mass is 17.0. The number of hydrogen-bond donors (Lipinski definition) is 1. The first-order valence-electron chi connectivity index (χ1n) is 7.74. The molecule has 4 unspecified atom stereocenters. The molecule has 0 aromatic rings. The summed E-state index contributed by atoms with van der Waals surface area (Å²) in [5.41, 5.74) is 6.22. The largest absolute Gasteiger partial charge is 0.330 e. The highest BCUT2D eigenvalue weighted by molar-refractivity contribution is 5.05. The fourth-order valence-corrected chi connectivity index (χ4v) is 5.40. The topological polar surface area (TPSA) is 78.4 Å². The smallest absolute Gasteiger partial charge is 0.294 e. The normalized spacial score (nSPS) is 42.0. The van der Waals surface area contributed by atoms with Crippen molar-refractivity contribution in [1.82, 2.24) is 0 Å². The molecule has 2 rings (SSSR count). The molecule has 0 amide bonds. The van der Waals surface area contributed by atoms with E-state index < -0.39 is 5.09 Å². The molecule has 0 aliphatic heterocycles. The third-order valence-corrected chi connectivity index (χ3v) is 5.72. The van der Waals surface area contributed by atoms with Gasteiger partial charge in [0.1, 0.15) is 6.10 Å². The Morgan fingerprint density at radius 1 is 1.30 bits per heavy atom. The van der Waals surface area contributed by atoms with Crippen LogP contribution in [0.15, 0.2) is 0 Å². The van der Waals surface area contributed by atoms with Gasteiger partial charge in [-0.05, 0) is 68.2 Å². The van der Waals surface area contributed by atoms with E-state index in [1.165, 1.54) is 12.8 Å². The summed E-state index contributed by atoms with van der Waals surface area (Å²) in [4.78, 5) is 15.7. The highest BCUT2D eigenvalue weighted by Gasteiger charge is 2.55. The fourth-order valence-electron chi connectivity index (χ4n) is 5.40. The minimum atomic E-state index is -0.625. The molecule has 2 aliphatic carbocycles. The summed E-state index contributed by atoms with van der Waals surface area (Å²) in [5.74, 6) is 0. The average molecular weight is 284 g/mol. The number of rotatable bonds is 5. The Balaban J connectivity index is 2.27. The Bertz CT molecular complexity index is 389. The molecule has 5 nitrogen and oxygen atoms in total. The minimum absolute atomic E-state index is 0.0533. The van der Waals surface area contributed by atoms with Crippen molar-refractivity contribution in [1.29, 1.82) is 0 Å². The van der Waals surface area contributed by atoms with Crippen molar-refractivity contribution in [3.05, 3.63) is 10.1 Å². The zero-order valence-corrected chi connectivity index (χ0v) is 13.0. The molecule has 5 heteroatoms. The average Bonchev–Trinajstić information content (AvgIpc) is 2.25. The maximum Gasteiger partial charge on any atom is 0.294 e. The van der Waals surface area contributed by atoms with Crippen molar-refractivity contribution in [2.75, 3.05) is 6.54 Å². The second-order valence-electron chi connectivity index (χ2n) is 7.88. The van der Waals surface area contributed by atoms with Crippen LogP contribution in [0.4, 0.5) is 0 Å². The van der Waals surface area contributed by atoms with Crippen LogP contribution in [0.3, 0.4) is 0 Å². The first-order valence-corrected chi connectivity index (χ1v) is 7.74. The molecule has 0 saturated heterocycles. The van der Waals surface area contributed by atoms with Crippen molar-refractivity contribution in [2.45, 2.75) is 71.8 Å². The zero-order chi connectivity index (χ0) is 15.0. The summed E-state index contributed by atoms with van der Waals surface area (Å²) in [7, 11) is 0. The number of nitrogens with two attached hydrogens (primary N) is 1. The van der Waals surface area contributed by atoms with Crippen LogP contribution in [0.1, 0.15) is 65.7 Å². The fraction of sp³-hybridized carbons (Fsp3) is 1.00. The van der Waals surface area contributed by atoms with Crippen molar-refractivity contribution in [3.8, 4) is 0 Å². The summed E-state index contributed by atoms with van der Waals surface area (Å²) < 4.78 is 0. The van der Waals surface area contributed by atoms with Gasteiger partial charge in [0.2, 0.25) is 0 Å². The van der Waals surface area contributed by atoms with Crippen LogP contribution in [0, 0.1) is 26.4 Å². The van der Waals surface area contributed by atoms with Crippen LogP contribution in [0.2, 0.25) is 0 Å². The molecule has 116 valence electrons. The van der Waals surface area contributed by atoms with Crippen LogP contribution < -0.4 is 5.73 Å². The summed E-state index contributed by atoms with van der Waals surface area (Å²) in [5, 5.41) is 10.1. The van der Waals surface area contributed by atoms with Crippen molar-refractivity contribution in [2.24, 2.45) is 22.0 Å². The van der Waals surface area contributed by atoms with Gasteiger partial charge in [0.05, 0.1) is 0 Å². The lowest BCUT2D eigenvalue weighted by molar-refractivity contribution is -0.772. The molecule has 0 aromatic carbocycles. The monoisotopic (exact) mass is 284 g/mol. The molecule has 0 radical (unpaired) electrons. The van der Waals surface area contributed by atoms with E-state index in [1.54, 1.807) is 0 Å². The quantitative estimate of drug-likeness (QED) is 0.620. The predicted octanol–water partition coefficient (Wildman–Crippen LogP) is 3.30. The summed E-state index contributed by atoms with van der Waals surface area (Å²) in [6.07, 6.45) is 7.32. The molecule has 0 aromatic heterocycles. The standard InChI is InChI=1S/C15H28N2O3/c1-12(20-17(18)19)15-6-4-5-13(2,10-15)9-14(3,11-15)7-8-16/h12H,4-11,16H2,1-3H3. The van der Waals surface area contributed by atoms with Crippen LogP contribution in [0.25, 0.3) is 0 Å². The van der Waals surface area contributed by atoms with E-state index in [-0.39, 0.29) is 22.3 Å². The van der Waals surface area contributed by atoms with E-state index in [2.05, 4.69) is 13.8 Å². The van der Waals surface area contributed by atoms with Crippen molar-refractivity contribution in [3.63, 3.8) is 0 Å². The Labute approximate surface area is 121 Å². The second kappa shape index (κ2) is 5.17. The Morgan fingerprint density at radius 3 is 2.60 bits per heavy atom. The van der Waals surface area contributed by atoms with Gasteiger partial charge in [-0.2, -0.15) is 0 Å². The van der Waals surface area contributed by atoms with Gasteiger partial charge in [-0.15, -0.1) is 10.1 Å². The molecule has 20 heavy (non-hydrogen) atoms. The Kier molecular flexibility index (Phi) is 4.02. The van der Waals surface area contributed by atoms with Gasteiger partial charge in [0.25, 0.3) is 5.09 Å². The van der Waals surface area contributed by atoms with Gasteiger partial charge in [0.15, 0.2) is 0 Å². The van der Waals surface area contributed by atoms with E-state index in [0.717, 1.165) is 32.1 Å². The van der Waals surface area contributed by atoms with Gasteiger partial charge in [-0.1, -0.05) is 20.3 Å². The molecular weight excluding hydrogens is 256 g/mol. The lowest BCUT2D eigenvalue weighted by atomic mass is 9.47. The molecule has 2 bridgehead atoms. The molecular formula is C15H28N2O3. The predicted molar refractivity (Wildman–Crippen MR) is 77.6 cm³/mol. The third kappa shape index (κ3) is 2.92. The van der Waals surface area contributed by atoms with Crippen LogP contribution in [0.5, 0.6) is 0 Å². The van der Waals surface area contributed by atoms with Crippen molar-refractivity contribution < 1.29 is 9.92 Å². The van der Waals surface area contributed by atoms with Gasteiger partial charge >= 0.3 is 0 Å². The maximum atomic E-state index is 10.7. The number of nitrogens with zero attached hydrogens (tertiary/aromatic N) is 1. The molecule has 2 aliphatic rings. The molecule has 2 N–H and O–H groups in total. The third-order valence-electron chi connectivity index (χ3n) is 5.72. The lowest BCUT2D eigenvalue weighted by Gasteiger charge is -2.59. The Morgan fingerprint density at radius 2 is 2.00 bits per heavy atom. The zero-order valence-electron chi connectivity index (χ0n) is 13.0. The van der Waals surface area contributed by atoms with Crippen molar-refractivity contribution >= 4 is 0 Å². The highest BCUT2D eigenvalue weighted by Crippen LogP contribution is 2.63. The second-order valence-corrected chi connectivity index (χ2v) is 7.88. The molecule has 0 spiro atoms. The van der Waals surface area contributed by atoms with Crippen LogP contribution in [-0.4, -0.2) is 17.7 Å². The van der Waals surface area contributed by atoms with E-state index in [4.69, 9.17) is 10.6 Å². The summed E-state index contributed by atoms with van der Waals surface area (Å²) >= 11 is 0. The molecule has 4 atom stereocenters. The summed E-state index contributed by atoms with van der Waals surface area (Å²) in [6, 6.07) is 0. The van der Waals surface area contributed by atoms with Gasteiger partial charge in [0, 0.05) is 0 Å². The first-order chi connectivity index (χ1) is 9.23. The number of hydrogen-bond acceptors (Lipinski definition) is 4. The molecule has 2 fully saturated rings. The molecule has 2 saturated carbocycles. The number of fused-ring (bicyclic) bond motifs is 2. The summed E-state index contributed by atoms with van der Waals surface area (Å²) in [6.45, 7) is 7.21. The van der Waals surface area contributed by atoms with Gasteiger partial charge < -0.3 is 10.6 Å². The lowest BCUT2D eigenvalue weighted by Crippen LogP contribution is -2.52. The van der Waals surface area contributed by atoms with Crippen LogP contribution in [-0.2, 0) is 4.84 Å². The van der Waals surface area contributed by atoms with E-state index in [1.807, 2.05) is 6.92 Å².